The molecule has 1 heterocycles. The molecule has 0 spiro atoms. The van der Waals surface area contributed by atoms with Crippen molar-refractivity contribution >= 4 is 33.5 Å². The van der Waals surface area contributed by atoms with Gasteiger partial charge >= 0.3 is 0 Å². The van der Waals surface area contributed by atoms with E-state index in [2.05, 4.69) is 59.3 Å². The van der Waals surface area contributed by atoms with Gasteiger partial charge in [0.15, 0.2) is 0 Å². The van der Waals surface area contributed by atoms with Crippen molar-refractivity contribution in [1.82, 2.24) is 4.98 Å². The first-order valence-electron chi connectivity index (χ1n) is 5.98. The van der Waals surface area contributed by atoms with Crippen LogP contribution in [0, 0.1) is 6.92 Å². The largest absolute Gasteiger partial charge is 0.369 e. The summed E-state index contributed by atoms with van der Waals surface area (Å²) in [6, 6.07) is 2.08. The van der Waals surface area contributed by atoms with Crippen LogP contribution in [-0.2, 0) is 0 Å². The van der Waals surface area contributed by atoms with Gasteiger partial charge in [-0.15, -0.1) is 0 Å². The number of aryl methyl sites for hydroxylation is 1. The standard InChI is InChI=1S/C13H21BrN2S/c1-5-13(6-2,17-4)9-16-12-7-10(3)11(14)8-15-12/h7-8H,5-6,9H2,1-4H3,(H,15,16). The van der Waals surface area contributed by atoms with E-state index >= 15 is 0 Å². The lowest BCUT2D eigenvalue weighted by molar-refractivity contribution is 0.574. The molecule has 0 saturated heterocycles. The molecule has 0 amide bonds. The van der Waals surface area contributed by atoms with E-state index in [4.69, 9.17) is 0 Å². The van der Waals surface area contributed by atoms with Crippen LogP contribution in [0.2, 0.25) is 0 Å². The normalized spacial score (nSPS) is 11.6. The van der Waals surface area contributed by atoms with Gasteiger partial charge in [0.25, 0.3) is 0 Å². The molecule has 0 saturated carbocycles. The number of rotatable bonds is 6. The SMILES string of the molecule is CCC(CC)(CNc1cc(C)c(Br)cn1)SC. The average Bonchev–Trinajstić information content (AvgIpc) is 2.36. The summed E-state index contributed by atoms with van der Waals surface area (Å²) in [6.07, 6.45) is 6.39. The van der Waals surface area contributed by atoms with Crippen molar-refractivity contribution in [2.75, 3.05) is 18.1 Å². The summed E-state index contributed by atoms with van der Waals surface area (Å²) >= 11 is 5.41. The molecule has 17 heavy (non-hydrogen) atoms. The molecule has 4 heteroatoms. The van der Waals surface area contributed by atoms with Crippen molar-refractivity contribution < 1.29 is 0 Å². The van der Waals surface area contributed by atoms with Crippen molar-refractivity contribution in [2.24, 2.45) is 0 Å². The fourth-order valence-corrected chi connectivity index (χ4v) is 2.76. The number of nitrogens with one attached hydrogen (secondary N) is 1. The quantitative estimate of drug-likeness (QED) is 0.837. The Morgan fingerprint density at radius 1 is 1.41 bits per heavy atom. The van der Waals surface area contributed by atoms with Gasteiger partial charge in [-0.2, -0.15) is 11.8 Å². The summed E-state index contributed by atoms with van der Waals surface area (Å²) in [7, 11) is 0. The Balaban J connectivity index is 2.68. The molecule has 1 aromatic rings. The lowest BCUT2D eigenvalue weighted by Gasteiger charge is -2.30. The molecule has 0 atom stereocenters. The first kappa shape index (κ1) is 14.8. The van der Waals surface area contributed by atoms with Crippen molar-refractivity contribution in [1.29, 1.82) is 0 Å². The highest BCUT2D eigenvalue weighted by Crippen LogP contribution is 2.30. The van der Waals surface area contributed by atoms with Crippen LogP contribution in [0.1, 0.15) is 32.3 Å². The predicted molar refractivity (Wildman–Crippen MR) is 82.0 cm³/mol. The number of halogens is 1. The molecule has 0 aliphatic heterocycles. The number of anilines is 1. The van der Waals surface area contributed by atoms with Gasteiger partial charge in [0.05, 0.1) is 0 Å². The summed E-state index contributed by atoms with van der Waals surface area (Å²) in [5, 5.41) is 3.45. The second-order valence-electron chi connectivity index (χ2n) is 4.27. The van der Waals surface area contributed by atoms with Crippen molar-refractivity contribution in [3.8, 4) is 0 Å². The number of pyridine rings is 1. The first-order chi connectivity index (χ1) is 8.06. The molecule has 1 N–H and O–H groups in total. The molecule has 0 aromatic carbocycles. The van der Waals surface area contributed by atoms with Gasteiger partial charge < -0.3 is 5.32 Å². The minimum Gasteiger partial charge on any atom is -0.369 e. The Bertz CT molecular complexity index is 356. The van der Waals surface area contributed by atoms with Gasteiger partial charge in [-0.3, -0.25) is 0 Å². The van der Waals surface area contributed by atoms with E-state index in [-0.39, 0.29) is 0 Å². The molecule has 0 bridgehead atoms. The molecule has 0 unspecified atom stereocenters. The van der Waals surface area contributed by atoms with Gasteiger partial charge in [-0.1, -0.05) is 13.8 Å². The van der Waals surface area contributed by atoms with Crippen LogP contribution >= 0.6 is 27.7 Å². The zero-order valence-electron chi connectivity index (χ0n) is 11.0. The molecular weight excluding hydrogens is 296 g/mol. The number of nitrogens with zero attached hydrogens (tertiary/aromatic N) is 1. The zero-order chi connectivity index (χ0) is 12.9. The third-order valence-corrected chi connectivity index (χ3v) is 5.78. The van der Waals surface area contributed by atoms with Gasteiger partial charge in [0, 0.05) is 22.0 Å². The van der Waals surface area contributed by atoms with Crippen LogP contribution in [0.5, 0.6) is 0 Å². The van der Waals surface area contributed by atoms with E-state index in [9.17, 15) is 0 Å². The Hall–Kier alpha value is -0.220. The maximum atomic E-state index is 4.38. The van der Waals surface area contributed by atoms with E-state index in [1.165, 1.54) is 18.4 Å². The van der Waals surface area contributed by atoms with E-state index in [0.29, 0.717) is 4.75 Å². The summed E-state index contributed by atoms with van der Waals surface area (Å²) in [4.78, 5) is 4.38. The maximum Gasteiger partial charge on any atom is 0.126 e. The summed E-state index contributed by atoms with van der Waals surface area (Å²) in [6.45, 7) is 7.55. The second kappa shape index (κ2) is 6.64. The summed E-state index contributed by atoms with van der Waals surface area (Å²) in [5.41, 5.74) is 1.21. The number of aromatic nitrogens is 1. The molecule has 0 aliphatic carbocycles. The van der Waals surface area contributed by atoms with Crippen LogP contribution in [0.3, 0.4) is 0 Å². The molecule has 1 aromatic heterocycles. The monoisotopic (exact) mass is 316 g/mol. The van der Waals surface area contributed by atoms with Crippen molar-refractivity contribution in [3.63, 3.8) is 0 Å². The van der Waals surface area contributed by atoms with Crippen LogP contribution < -0.4 is 5.32 Å². The van der Waals surface area contributed by atoms with Crippen LogP contribution in [0.25, 0.3) is 0 Å². The van der Waals surface area contributed by atoms with Crippen molar-refractivity contribution in [3.05, 3.63) is 22.3 Å². The van der Waals surface area contributed by atoms with Crippen molar-refractivity contribution in [2.45, 2.75) is 38.4 Å². The van der Waals surface area contributed by atoms with Crippen LogP contribution in [0.15, 0.2) is 16.7 Å². The highest BCUT2D eigenvalue weighted by atomic mass is 79.9. The summed E-state index contributed by atoms with van der Waals surface area (Å²) < 4.78 is 1.38. The first-order valence-corrected chi connectivity index (χ1v) is 8.00. The Morgan fingerprint density at radius 2 is 2.06 bits per heavy atom. The van der Waals surface area contributed by atoms with Gasteiger partial charge in [0.1, 0.15) is 5.82 Å². The second-order valence-corrected chi connectivity index (χ2v) is 6.40. The van der Waals surface area contributed by atoms with Gasteiger partial charge in [0.2, 0.25) is 0 Å². The predicted octanol–water partition coefficient (Wildman–Crippen LogP) is 4.49. The van der Waals surface area contributed by atoms with E-state index in [1.807, 2.05) is 18.0 Å². The molecule has 2 nitrogen and oxygen atoms in total. The smallest absolute Gasteiger partial charge is 0.126 e. The van der Waals surface area contributed by atoms with E-state index in [0.717, 1.165) is 16.8 Å². The molecule has 0 aliphatic rings. The average molecular weight is 317 g/mol. The van der Waals surface area contributed by atoms with E-state index in [1.54, 1.807) is 0 Å². The summed E-state index contributed by atoms with van der Waals surface area (Å²) in [5.74, 6) is 0.964. The number of thioether (sulfide) groups is 1. The van der Waals surface area contributed by atoms with Gasteiger partial charge in [-0.05, 0) is 53.6 Å². The highest BCUT2D eigenvalue weighted by molar-refractivity contribution is 9.10. The molecule has 1 rings (SSSR count). The zero-order valence-corrected chi connectivity index (χ0v) is 13.4. The third-order valence-electron chi connectivity index (χ3n) is 3.36. The minimum absolute atomic E-state index is 0.322. The lowest BCUT2D eigenvalue weighted by Crippen LogP contribution is -2.32. The molecule has 0 radical (unpaired) electrons. The Morgan fingerprint density at radius 3 is 2.53 bits per heavy atom. The number of hydrogen-bond donors (Lipinski definition) is 1. The van der Waals surface area contributed by atoms with Crippen LogP contribution in [-0.4, -0.2) is 22.5 Å². The third kappa shape index (κ3) is 3.88. The van der Waals surface area contributed by atoms with Gasteiger partial charge in [-0.25, -0.2) is 4.98 Å². The van der Waals surface area contributed by atoms with Crippen LogP contribution in [0.4, 0.5) is 5.82 Å². The maximum absolute atomic E-state index is 4.38. The number of hydrogen-bond acceptors (Lipinski definition) is 3. The molecule has 0 fully saturated rings. The fourth-order valence-electron chi connectivity index (χ4n) is 1.75. The Kier molecular flexibility index (Phi) is 5.80. The topological polar surface area (TPSA) is 24.9 Å². The lowest BCUT2D eigenvalue weighted by atomic mass is 10.0. The van der Waals surface area contributed by atoms with E-state index < -0.39 is 0 Å². The highest BCUT2D eigenvalue weighted by Gasteiger charge is 2.24. The molecular formula is C13H21BrN2S. The fraction of sp³-hybridized carbons (Fsp3) is 0.615. The minimum atomic E-state index is 0.322. The molecule has 96 valence electrons. The Labute approximate surface area is 117 Å².